The molecule has 2 fully saturated rings. The quantitative estimate of drug-likeness (QED) is 0.883. The molecule has 0 radical (unpaired) electrons. The maximum Gasteiger partial charge on any atom is 0.0548 e. The third-order valence-corrected chi connectivity index (χ3v) is 5.18. The van der Waals surface area contributed by atoms with Crippen molar-refractivity contribution in [1.29, 1.82) is 0 Å². The van der Waals surface area contributed by atoms with Crippen molar-refractivity contribution in [2.24, 2.45) is 5.73 Å². The lowest BCUT2D eigenvalue weighted by Crippen LogP contribution is -2.37. The van der Waals surface area contributed by atoms with Gasteiger partial charge in [-0.1, -0.05) is 17.7 Å². The maximum atomic E-state index is 6.36. The molecule has 0 aromatic heterocycles. The van der Waals surface area contributed by atoms with Gasteiger partial charge in [0, 0.05) is 15.4 Å². The molecule has 3 heteroatoms. The van der Waals surface area contributed by atoms with Crippen LogP contribution in [-0.4, -0.2) is 5.54 Å². The minimum absolute atomic E-state index is 0.0836. The molecule has 1 aromatic carbocycles. The average Bonchev–Trinajstić information content (AvgIpc) is 3.05. The molecule has 1 aromatic rings. The van der Waals surface area contributed by atoms with Crippen LogP contribution in [0.4, 0.5) is 0 Å². The zero-order valence-electron chi connectivity index (χ0n) is 8.39. The molecule has 1 nitrogen and oxygen atoms in total. The van der Waals surface area contributed by atoms with Gasteiger partial charge in [-0.3, -0.25) is 0 Å². The molecular formula is C12H13BrClN. The van der Waals surface area contributed by atoms with Crippen LogP contribution in [0.2, 0.25) is 5.02 Å². The second kappa shape index (κ2) is 2.99. The number of benzene rings is 1. The van der Waals surface area contributed by atoms with Gasteiger partial charge in [-0.05, 0) is 59.3 Å². The topological polar surface area (TPSA) is 26.0 Å². The Morgan fingerprint density at radius 3 is 2.33 bits per heavy atom. The van der Waals surface area contributed by atoms with Crippen molar-refractivity contribution in [2.45, 2.75) is 36.6 Å². The van der Waals surface area contributed by atoms with E-state index >= 15 is 0 Å². The maximum absolute atomic E-state index is 6.36. The standard InChI is InChI=1S/C12H13BrClN/c13-9-7-8(1-2-10(9)14)11(3-4-11)12(15)5-6-12/h1-2,7H,3-6,15H2. The van der Waals surface area contributed by atoms with Crippen molar-refractivity contribution < 1.29 is 0 Å². The van der Waals surface area contributed by atoms with E-state index < -0.39 is 0 Å². The number of halogens is 2. The molecule has 0 bridgehead atoms. The Balaban J connectivity index is 2.03. The Hall–Kier alpha value is -0.0500. The van der Waals surface area contributed by atoms with Crippen molar-refractivity contribution in [2.75, 3.05) is 0 Å². The summed E-state index contributed by atoms with van der Waals surface area (Å²) in [6.45, 7) is 0. The normalized spacial score (nSPS) is 25.0. The molecule has 0 unspecified atom stereocenters. The summed E-state index contributed by atoms with van der Waals surface area (Å²) in [6, 6.07) is 6.24. The highest BCUT2D eigenvalue weighted by Gasteiger charge is 2.63. The zero-order chi connectivity index (χ0) is 10.7. The van der Waals surface area contributed by atoms with E-state index in [1.54, 1.807) is 0 Å². The Labute approximate surface area is 103 Å². The molecule has 2 aliphatic carbocycles. The fraction of sp³-hybridized carbons (Fsp3) is 0.500. The molecule has 80 valence electrons. The Kier molecular flexibility index (Phi) is 2.02. The molecule has 0 heterocycles. The highest BCUT2D eigenvalue weighted by molar-refractivity contribution is 9.10. The molecule has 0 saturated heterocycles. The summed E-state index contributed by atoms with van der Waals surface area (Å²) in [5.41, 5.74) is 8.07. The van der Waals surface area contributed by atoms with Crippen LogP contribution in [0.15, 0.2) is 22.7 Å². The minimum Gasteiger partial charge on any atom is -0.324 e. The van der Waals surface area contributed by atoms with E-state index in [-0.39, 0.29) is 11.0 Å². The van der Waals surface area contributed by atoms with Gasteiger partial charge in [0.1, 0.15) is 0 Å². The van der Waals surface area contributed by atoms with E-state index in [1.165, 1.54) is 31.2 Å². The van der Waals surface area contributed by atoms with Crippen molar-refractivity contribution in [1.82, 2.24) is 0 Å². The summed E-state index contributed by atoms with van der Waals surface area (Å²) in [6.07, 6.45) is 4.82. The highest BCUT2D eigenvalue weighted by atomic mass is 79.9. The molecule has 15 heavy (non-hydrogen) atoms. The largest absolute Gasteiger partial charge is 0.324 e. The van der Waals surface area contributed by atoms with Crippen molar-refractivity contribution in [3.05, 3.63) is 33.3 Å². The predicted octanol–water partition coefficient (Wildman–Crippen LogP) is 3.63. The molecule has 2 N–H and O–H groups in total. The predicted molar refractivity (Wildman–Crippen MR) is 66.2 cm³/mol. The summed E-state index contributed by atoms with van der Waals surface area (Å²) in [7, 11) is 0. The number of rotatable bonds is 2. The zero-order valence-corrected chi connectivity index (χ0v) is 10.7. The first-order chi connectivity index (χ1) is 7.07. The van der Waals surface area contributed by atoms with E-state index in [2.05, 4.69) is 28.1 Å². The second-order valence-corrected chi connectivity index (χ2v) is 6.13. The van der Waals surface area contributed by atoms with E-state index in [1.807, 2.05) is 6.07 Å². The monoisotopic (exact) mass is 285 g/mol. The van der Waals surface area contributed by atoms with Crippen molar-refractivity contribution in [3.8, 4) is 0 Å². The molecule has 2 aliphatic rings. The SMILES string of the molecule is NC1(C2(c3ccc(Cl)c(Br)c3)CC2)CC1. The molecule has 0 atom stereocenters. The Morgan fingerprint density at radius 1 is 1.20 bits per heavy atom. The summed E-state index contributed by atoms with van der Waals surface area (Å²) in [5.74, 6) is 0. The third kappa shape index (κ3) is 1.38. The van der Waals surface area contributed by atoms with Crippen LogP contribution in [0.1, 0.15) is 31.2 Å². The molecule has 3 rings (SSSR count). The summed E-state index contributed by atoms with van der Waals surface area (Å²) in [5, 5.41) is 0.774. The first-order valence-electron chi connectivity index (χ1n) is 5.32. The fourth-order valence-electron chi connectivity index (χ4n) is 2.61. The van der Waals surface area contributed by atoms with Crippen LogP contribution in [0.5, 0.6) is 0 Å². The van der Waals surface area contributed by atoms with E-state index in [0.29, 0.717) is 0 Å². The van der Waals surface area contributed by atoms with Gasteiger partial charge >= 0.3 is 0 Å². The van der Waals surface area contributed by atoms with Gasteiger partial charge in [0.05, 0.1) is 5.02 Å². The fourth-order valence-corrected chi connectivity index (χ4v) is 3.10. The lowest BCUT2D eigenvalue weighted by atomic mass is 9.86. The van der Waals surface area contributed by atoms with Crippen LogP contribution in [0, 0.1) is 0 Å². The van der Waals surface area contributed by atoms with Crippen LogP contribution < -0.4 is 5.73 Å². The van der Waals surface area contributed by atoms with Crippen molar-refractivity contribution >= 4 is 27.5 Å². The van der Waals surface area contributed by atoms with Crippen LogP contribution >= 0.6 is 27.5 Å². The first-order valence-corrected chi connectivity index (χ1v) is 6.49. The lowest BCUT2D eigenvalue weighted by Gasteiger charge is -2.23. The molecular weight excluding hydrogens is 273 g/mol. The highest BCUT2D eigenvalue weighted by Crippen LogP contribution is 2.63. The molecule has 0 amide bonds. The van der Waals surface area contributed by atoms with Gasteiger partial charge in [-0.15, -0.1) is 0 Å². The smallest absolute Gasteiger partial charge is 0.0548 e. The number of nitrogens with two attached hydrogens (primary N) is 1. The van der Waals surface area contributed by atoms with Crippen molar-refractivity contribution in [3.63, 3.8) is 0 Å². The van der Waals surface area contributed by atoms with Crippen LogP contribution in [0.25, 0.3) is 0 Å². The van der Waals surface area contributed by atoms with Gasteiger partial charge in [0.15, 0.2) is 0 Å². The van der Waals surface area contributed by atoms with E-state index in [0.717, 1.165) is 9.50 Å². The Bertz CT molecular complexity index is 422. The van der Waals surface area contributed by atoms with Crippen LogP contribution in [0.3, 0.4) is 0 Å². The number of hydrogen-bond acceptors (Lipinski definition) is 1. The number of hydrogen-bond donors (Lipinski definition) is 1. The van der Waals surface area contributed by atoms with Gasteiger partial charge in [0.2, 0.25) is 0 Å². The molecule has 2 saturated carbocycles. The van der Waals surface area contributed by atoms with Gasteiger partial charge in [-0.25, -0.2) is 0 Å². The summed E-state index contributed by atoms with van der Waals surface area (Å²) in [4.78, 5) is 0. The minimum atomic E-state index is 0.0836. The second-order valence-electron chi connectivity index (χ2n) is 4.87. The summed E-state index contributed by atoms with van der Waals surface area (Å²) >= 11 is 9.48. The molecule has 0 spiro atoms. The van der Waals surface area contributed by atoms with Gasteiger partial charge in [-0.2, -0.15) is 0 Å². The van der Waals surface area contributed by atoms with E-state index in [4.69, 9.17) is 17.3 Å². The Morgan fingerprint density at radius 2 is 1.87 bits per heavy atom. The average molecular weight is 287 g/mol. The molecule has 0 aliphatic heterocycles. The van der Waals surface area contributed by atoms with Crippen LogP contribution in [-0.2, 0) is 5.41 Å². The lowest BCUT2D eigenvalue weighted by molar-refractivity contribution is 0.503. The first kappa shape index (κ1) is 10.1. The van der Waals surface area contributed by atoms with E-state index in [9.17, 15) is 0 Å². The van der Waals surface area contributed by atoms with Gasteiger partial charge in [0.25, 0.3) is 0 Å². The summed E-state index contributed by atoms with van der Waals surface area (Å²) < 4.78 is 0.984. The third-order valence-electron chi connectivity index (χ3n) is 3.96. The van der Waals surface area contributed by atoms with Gasteiger partial charge < -0.3 is 5.73 Å².